The van der Waals surface area contributed by atoms with Gasteiger partial charge >= 0.3 is 0 Å². The average molecular weight is 267 g/mol. The normalized spacial score (nSPS) is 18.6. The van der Waals surface area contributed by atoms with Gasteiger partial charge in [-0.3, -0.25) is 0 Å². The fourth-order valence-corrected chi connectivity index (χ4v) is 3.53. The molecule has 1 aromatic rings. The van der Waals surface area contributed by atoms with Crippen molar-refractivity contribution < 1.29 is 0 Å². The average Bonchev–Trinajstić information content (AvgIpc) is 2.84. The van der Waals surface area contributed by atoms with Gasteiger partial charge in [0.1, 0.15) is 0 Å². The zero-order chi connectivity index (χ0) is 12.8. The summed E-state index contributed by atoms with van der Waals surface area (Å²) in [5.41, 5.74) is 5.60. The van der Waals surface area contributed by atoms with Gasteiger partial charge in [-0.05, 0) is 50.3 Å². The van der Waals surface area contributed by atoms with Crippen LogP contribution in [0.4, 0.5) is 0 Å². The van der Waals surface area contributed by atoms with Crippen molar-refractivity contribution in [2.24, 2.45) is 11.7 Å². The first kappa shape index (κ1) is 14.0. The van der Waals surface area contributed by atoms with Crippen LogP contribution in [0, 0.1) is 5.92 Å². The Labute approximate surface area is 115 Å². The Hall–Kier alpha value is -0.420. The van der Waals surface area contributed by atoms with Gasteiger partial charge < -0.3 is 15.5 Å². The van der Waals surface area contributed by atoms with Crippen LogP contribution in [0.3, 0.4) is 0 Å². The van der Waals surface area contributed by atoms with Crippen LogP contribution in [0.15, 0.2) is 17.5 Å². The monoisotopic (exact) mass is 267 g/mol. The van der Waals surface area contributed by atoms with Gasteiger partial charge in [-0.15, -0.1) is 11.3 Å². The molecule has 18 heavy (non-hydrogen) atoms. The van der Waals surface area contributed by atoms with Gasteiger partial charge in [0.05, 0.1) is 0 Å². The largest absolute Gasteiger partial charge is 0.329 e. The molecule has 1 aliphatic rings. The highest BCUT2D eigenvalue weighted by atomic mass is 32.1. The van der Waals surface area contributed by atoms with E-state index in [0.29, 0.717) is 0 Å². The molecule has 0 amide bonds. The Morgan fingerprint density at radius 3 is 2.83 bits per heavy atom. The second-order valence-electron chi connectivity index (χ2n) is 5.35. The number of nitrogens with zero attached hydrogens (tertiary/aromatic N) is 2. The summed E-state index contributed by atoms with van der Waals surface area (Å²) in [6.45, 7) is 6.65. The van der Waals surface area contributed by atoms with Crippen LogP contribution in [-0.2, 0) is 6.54 Å². The molecule has 0 unspecified atom stereocenters. The van der Waals surface area contributed by atoms with E-state index in [1.807, 2.05) is 11.3 Å². The van der Waals surface area contributed by atoms with E-state index in [4.69, 9.17) is 5.73 Å². The summed E-state index contributed by atoms with van der Waals surface area (Å²) in [6, 6.07) is 4.37. The van der Waals surface area contributed by atoms with E-state index in [9.17, 15) is 0 Å². The third-order valence-corrected chi connectivity index (χ3v) is 4.59. The summed E-state index contributed by atoms with van der Waals surface area (Å²) in [5, 5.41) is 2.16. The molecule has 2 N–H and O–H groups in total. The highest BCUT2D eigenvalue weighted by molar-refractivity contribution is 7.09. The molecule has 3 nitrogen and oxygen atoms in total. The standard InChI is InChI=1S/C14H25N3S/c1-16(12-14-3-2-10-18-14)11-13-4-7-17(8-5-13)9-6-15/h2-3,10,13H,4-9,11-12,15H2,1H3. The first-order valence-corrected chi connectivity index (χ1v) is 7.79. The minimum absolute atomic E-state index is 0.795. The maximum absolute atomic E-state index is 5.60. The molecule has 1 aliphatic heterocycles. The van der Waals surface area contributed by atoms with Crippen molar-refractivity contribution >= 4 is 11.3 Å². The zero-order valence-corrected chi connectivity index (χ0v) is 12.2. The lowest BCUT2D eigenvalue weighted by Crippen LogP contribution is -2.39. The summed E-state index contributed by atoms with van der Waals surface area (Å²) in [5.74, 6) is 0.865. The lowest BCUT2D eigenvalue weighted by Gasteiger charge is -2.33. The molecule has 1 saturated heterocycles. The summed E-state index contributed by atoms with van der Waals surface area (Å²) >= 11 is 1.86. The molecule has 0 atom stereocenters. The van der Waals surface area contributed by atoms with Crippen molar-refractivity contribution in [3.8, 4) is 0 Å². The van der Waals surface area contributed by atoms with Crippen LogP contribution in [0.2, 0.25) is 0 Å². The molecule has 0 spiro atoms. The molecule has 0 bridgehead atoms. The SMILES string of the molecule is CN(Cc1cccs1)CC1CCN(CCN)CC1. The van der Waals surface area contributed by atoms with Crippen LogP contribution in [0.25, 0.3) is 0 Å². The van der Waals surface area contributed by atoms with Crippen LogP contribution in [0.5, 0.6) is 0 Å². The van der Waals surface area contributed by atoms with Crippen LogP contribution >= 0.6 is 11.3 Å². The number of hydrogen-bond donors (Lipinski definition) is 1. The minimum atomic E-state index is 0.795. The van der Waals surface area contributed by atoms with Crippen LogP contribution in [-0.4, -0.2) is 49.6 Å². The molecule has 1 fully saturated rings. The Kier molecular flexibility index (Phi) is 5.63. The van der Waals surface area contributed by atoms with E-state index in [1.54, 1.807) is 0 Å². The Morgan fingerprint density at radius 1 is 1.44 bits per heavy atom. The lowest BCUT2D eigenvalue weighted by molar-refractivity contribution is 0.155. The summed E-state index contributed by atoms with van der Waals surface area (Å²) in [4.78, 5) is 6.43. The number of rotatable bonds is 6. The molecule has 0 saturated carbocycles. The molecule has 0 aliphatic carbocycles. The third-order valence-electron chi connectivity index (χ3n) is 3.73. The Morgan fingerprint density at radius 2 is 2.22 bits per heavy atom. The smallest absolute Gasteiger partial charge is 0.0324 e. The highest BCUT2D eigenvalue weighted by Gasteiger charge is 2.19. The number of hydrogen-bond acceptors (Lipinski definition) is 4. The van der Waals surface area contributed by atoms with Crippen molar-refractivity contribution in [3.63, 3.8) is 0 Å². The number of nitrogens with two attached hydrogens (primary N) is 1. The van der Waals surface area contributed by atoms with Crippen LogP contribution < -0.4 is 5.73 Å². The van der Waals surface area contributed by atoms with Crippen molar-refractivity contribution in [1.82, 2.24) is 9.80 Å². The van der Waals surface area contributed by atoms with Crippen molar-refractivity contribution in [1.29, 1.82) is 0 Å². The van der Waals surface area contributed by atoms with Crippen molar-refractivity contribution in [2.45, 2.75) is 19.4 Å². The van der Waals surface area contributed by atoms with E-state index in [0.717, 1.165) is 25.6 Å². The minimum Gasteiger partial charge on any atom is -0.329 e. The molecule has 0 aromatic carbocycles. The molecule has 0 radical (unpaired) electrons. The number of likely N-dealkylation sites (tertiary alicyclic amines) is 1. The topological polar surface area (TPSA) is 32.5 Å². The fourth-order valence-electron chi connectivity index (χ4n) is 2.75. The molecule has 2 heterocycles. The van der Waals surface area contributed by atoms with E-state index < -0.39 is 0 Å². The molecule has 2 rings (SSSR count). The first-order valence-electron chi connectivity index (χ1n) is 6.91. The Balaban J connectivity index is 1.68. The van der Waals surface area contributed by atoms with Gasteiger partial charge in [0.2, 0.25) is 0 Å². The predicted octanol–water partition coefficient (Wildman–Crippen LogP) is 1.85. The first-order chi connectivity index (χ1) is 8.78. The number of thiophene rings is 1. The van der Waals surface area contributed by atoms with E-state index >= 15 is 0 Å². The molecular weight excluding hydrogens is 242 g/mol. The lowest BCUT2D eigenvalue weighted by atomic mass is 9.96. The zero-order valence-electron chi connectivity index (χ0n) is 11.3. The summed E-state index contributed by atoms with van der Waals surface area (Å²) in [6.07, 6.45) is 2.66. The van der Waals surface area contributed by atoms with Gasteiger partial charge in [-0.2, -0.15) is 0 Å². The second-order valence-corrected chi connectivity index (χ2v) is 6.38. The maximum atomic E-state index is 5.60. The van der Waals surface area contributed by atoms with Crippen molar-refractivity contribution in [2.75, 3.05) is 39.8 Å². The molecular formula is C14H25N3S. The van der Waals surface area contributed by atoms with Gasteiger partial charge in [0.25, 0.3) is 0 Å². The van der Waals surface area contributed by atoms with Gasteiger partial charge in [-0.25, -0.2) is 0 Å². The van der Waals surface area contributed by atoms with Gasteiger partial charge in [0.15, 0.2) is 0 Å². The maximum Gasteiger partial charge on any atom is 0.0324 e. The molecule has 1 aromatic heterocycles. The number of piperidine rings is 1. The highest BCUT2D eigenvalue weighted by Crippen LogP contribution is 2.19. The summed E-state index contributed by atoms with van der Waals surface area (Å²) < 4.78 is 0. The van der Waals surface area contributed by atoms with E-state index in [1.165, 1.54) is 37.4 Å². The van der Waals surface area contributed by atoms with Gasteiger partial charge in [-0.1, -0.05) is 6.07 Å². The van der Waals surface area contributed by atoms with E-state index in [-0.39, 0.29) is 0 Å². The van der Waals surface area contributed by atoms with Gasteiger partial charge in [0, 0.05) is 31.1 Å². The Bertz CT molecular complexity index is 318. The quantitative estimate of drug-likeness (QED) is 0.854. The molecule has 102 valence electrons. The molecule has 4 heteroatoms. The van der Waals surface area contributed by atoms with Crippen molar-refractivity contribution in [3.05, 3.63) is 22.4 Å². The predicted molar refractivity (Wildman–Crippen MR) is 78.9 cm³/mol. The van der Waals surface area contributed by atoms with Crippen LogP contribution in [0.1, 0.15) is 17.7 Å². The fraction of sp³-hybridized carbons (Fsp3) is 0.714. The third kappa shape index (κ3) is 4.35. The second kappa shape index (κ2) is 7.24. The summed E-state index contributed by atoms with van der Waals surface area (Å²) in [7, 11) is 2.24. The van der Waals surface area contributed by atoms with E-state index in [2.05, 4.69) is 34.4 Å².